The number of carbonyl (C=O) groups excluding carboxylic acids is 1. The van der Waals surface area contributed by atoms with Crippen molar-refractivity contribution in [3.63, 3.8) is 0 Å². The first-order chi connectivity index (χ1) is 14.9. The van der Waals surface area contributed by atoms with Crippen LogP contribution in [0.3, 0.4) is 0 Å². The molecule has 0 aliphatic heterocycles. The van der Waals surface area contributed by atoms with Crippen LogP contribution in [0.4, 0.5) is 13.6 Å². The summed E-state index contributed by atoms with van der Waals surface area (Å²) in [7, 11) is 0. The number of rotatable bonds is 10. The van der Waals surface area contributed by atoms with E-state index in [1.807, 2.05) is 0 Å². The molecular weight excluding hydrogens is 402 g/mol. The minimum atomic E-state index is -3.04. The van der Waals surface area contributed by atoms with Crippen LogP contribution in [0, 0.1) is 0 Å². The van der Waals surface area contributed by atoms with Crippen molar-refractivity contribution in [3.8, 4) is 22.6 Å². The predicted octanol–water partition coefficient (Wildman–Crippen LogP) is 7.28. The maximum absolute atomic E-state index is 14.9. The van der Waals surface area contributed by atoms with E-state index in [-0.39, 0.29) is 17.9 Å². The number of carbonyl (C=O) groups is 1. The van der Waals surface area contributed by atoms with Crippen LogP contribution in [0.5, 0.6) is 11.5 Å². The number of ether oxygens (including phenoxy) is 3. The van der Waals surface area contributed by atoms with E-state index in [1.54, 1.807) is 31.2 Å². The van der Waals surface area contributed by atoms with E-state index in [0.717, 1.165) is 12.8 Å². The topological polar surface area (TPSA) is 44.8 Å². The van der Waals surface area contributed by atoms with Crippen molar-refractivity contribution in [2.24, 2.45) is 0 Å². The summed E-state index contributed by atoms with van der Waals surface area (Å²) in [6, 6.07) is 9.65. The van der Waals surface area contributed by atoms with Crippen molar-refractivity contribution in [3.05, 3.63) is 47.5 Å². The van der Waals surface area contributed by atoms with E-state index >= 15 is 0 Å². The van der Waals surface area contributed by atoms with Crippen LogP contribution < -0.4 is 9.47 Å². The molecule has 0 spiro atoms. The Hall–Kier alpha value is -2.63. The molecule has 1 aliphatic rings. The van der Waals surface area contributed by atoms with Gasteiger partial charge in [-0.1, -0.05) is 51.2 Å². The molecule has 0 aromatic heterocycles. The van der Waals surface area contributed by atoms with Gasteiger partial charge in [-0.05, 0) is 54.3 Å². The molecule has 0 heterocycles. The second-order valence-electron chi connectivity index (χ2n) is 7.81. The Labute approximate surface area is 182 Å². The lowest BCUT2D eigenvalue weighted by Crippen LogP contribution is -2.23. The van der Waals surface area contributed by atoms with Gasteiger partial charge in [-0.15, -0.1) is 0 Å². The highest BCUT2D eigenvalue weighted by Gasteiger charge is 2.39. The lowest BCUT2D eigenvalue weighted by Gasteiger charge is -2.28. The first kappa shape index (κ1) is 23.0. The highest BCUT2D eigenvalue weighted by Crippen LogP contribution is 2.47. The predicted molar refractivity (Wildman–Crippen MR) is 116 cm³/mol. The van der Waals surface area contributed by atoms with Crippen LogP contribution in [0.1, 0.15) is 63.5 Å². The number of alkyl halides is 2. The molecule has 6 heteroatoms. The van der Waals surface area contributed by atoms with Crippen molar-refractivity contribution in [1.29, 1.82) is 0 Å². The van der Waals surface area contributed by atoms with E-state index in [9.17, 15) is 13.6 Å². The molecule has 168 valence electrons. The van der Waals surface area contributed by atoms with Crippen molar-refractivity contribution in [1.82, 2.24) is 0 Å². The summed E-state index contributed by atoms with van der Waals surface area (Å²) in [6.45, 7) is 4.56. The van der Waals surface area contributed by atoms with Gasteiger partial charge >= 0.3 is 6.16 Å². The third-order valence-electron chi connectivity index (χ3n) is 5.39. The molecule has 0 amide bonds. The second-order valence-corrected chi connectivity index (χ2v) is 7.81. The van der Waals surface area contributed by atoms with Crippen LogP contribution in [0.2, 0.25) is 0 Å². The molecule has 0 atom stereocenters. The SMILES string of the molecule is CCCCCCCCOc1ccc2c(c1)C(F)(F)Cc1cc(OC(=O)OCC)ccc1-2. The number of hydrogen-bond acceptors (Lipinski definition) is 4. The molecular formula is C25H30F2O4. The minimum absolute atomic E-state index is 0.0282. The van der Waals surface area contributed by atoms with Gasteiger partial charge in [0.15, 0.2) is 0 Å². The fraction of sp³-hybridized carbons (Fsp3) is 0.480. The Bertz CT molecular complexity index is 895. The van der Waals surface area contributed by atoms with Crippen molar-refractivity contribution in [2.45, 2.75) is 64.7 Å². The van der Waals surface area contributed by atoms with Crippen LogP contribution in [-0.2, 0) is 17.1 Å². The molecule has 0 N–H and O–H groups in total. The summed E-state index contributed by atoms with van der Waals surface area (Å²) in [4.78, 5) is 11.5. The standard InChI is InChI=1S/C25H30F2O4/c1-3-5-6-7-8-9-14-30-19-10-13-22-21-12-11-20(31-24(28)29-4-2)15-18(21)17-25(26,27)23(22)16-19/h10-13,15-16H,3-9,14,17H2,1-2H3. The third kappa shape index (κ3) is 5.96. The smallest absolute Gasteiger partial charge is 0.494 e. The number of fused-ring (bicyclic) bond motifs is 3. The lowest BCUT2D eigenvalue weighted by atomic mass is 9.83. The van der Waals surface area contributed by atoms with Crippen molar-refractivity contribution in [2.75, 3.05) is 13.2 Å². The molecule has 2 aromatic rings. The zero-order valence-electron chi connectivity index (χ0n) is 18.2. The molecule has 0 unspecified atom stereocenters. The Morgan fingerprint density at radius 3 is 2.42 bits per heavy atom. The van der Waals surface area contributed by atoms with E-state index < -0.39 is 18.5 Å². The molecule has 3 rings (SSSR count). The van der Waals surface area contributed by atoms with Crippen molar-refractivity contribution < 1.29 is 27.8 Å². The number of benzene rings is 2. The van der Waals surface area contributed by atoms with Gasteiger partial charge < -0.3 is 14.2 Å². The van der Waals surface area contributed by atoms with Gasteiger partial charge in [0, 0.05) is 12.0 Å². The van der Waals surface area contributed by atoms with Crippen LogP contribution in [-0.4, -0.2) is 19.4 Å². The van der Waals surface area contributed by atoms with E-state index in [0.29, 0.717) is 29.0 Å². The fourth-order valence-corrected chi connectivity index (χ4v) is 3.84. The van der Waals surface area contributed by atoms with E-state index in [4.69, 9.17) is 14.2 Å². The molecule has 0 fully saturated rings. The molecule has 4 nitrogen and oxygen atoms in total. The first-order valence-corrected chi connectivity index (χ1v) is 11.1. The average molecular weight is 433 g/mol. The van der Waals surface area contributed by atoms with Gasteiger partial charge in [-0.3, -0.25) is 0 Å². The van der Waals surface area contributed by atoms with Gasteiger partial charge in [0.2, 0.25) is 0 Å². The number of unbranched alkanes of at least 4 members (excludes halogenated alkanes) is 5. The summed E-state index contributed by atoms with van der Waals surface area (Å²) in [5.41, 5.74) is 1.58. The minimum Gasteiger partial charge on any atom is -0.494 e. The highest BCUT2D eigenvalue weighted by atomic mass is 19.3. The maximum atomic E-state index is 14.9. The van der Waals surface area contributed by atoms with Gasteiger partial charge in [0.1, 0.15) is 11.5 Å². The zero-order chi connectivity index (χ0) is 22.3. The average Bonchev–Trinajstić information content (AvgIpc) is 2.73. The van der Waals surface area contributed by atoms with Crippen LogP contribution in [0.15, 0.2) is 36.4 Å². The monoisotopic (exact) mass is 432 g/mol. The molecule has 31 heavy (non-hydrogen) atoms. The van der Waals surface area contributed by atoms with Gasteiger partial charge in [0.05, 0.1) is 13.2 Å². The van der Waals surface area contributed by atoms with Crippen LogP contribution in [0.25, 0.3) is 11.1 Å². The lowest BCUT2D eigenvalue weighted by molar-refractivity contribution is -0.00506. The molecule has 0 radical (unpaired) electrons. The summed E-state index contributed by atoms with van der Waals surface area (Å²) >= 11 is 0. The Balaban J connectivity index is 1.70. The normalized spacial score (nSPS) is 13.8. The first-order valence-electron chi connectivity index (χ1n) is 11.1. The molecule has 2 aromatic carbocycles. The van der Waals surface area contributed by atoms with Crippen molar-refractivity contribution >= 4 is 6.16 Å². The van der Waals surface area contributed by atoms with E-state index in [2.05, 4.69) is 6.92 Å². The number of halogens is 2. The maximum Gasteiger partial charge on any atom is 0.513 e. The van der Waals surface area contributed by atoms with Crippen LogP contribution >= 0.6 is 0 Å². The summed E-state index contributed by atoms with van der Waals surface area (Å²) in [6.07, 6.45) is 5.56. The molecule has 1 aliphatic carbocycles. The van der Waals surface area contributed by atoms with Gasteiger partial charge in [-0.25, -0.2) is 13.6 Å². The fourth-order valence-electron chi connectivity index (χ4n) is 3.84. The Morgan fingerprint density at radius 1 is 0.935 bits per heavy atom. The summed E-state index contributed by atoms with van der Waals surface area (Å²) < 4.78 is 45.4. The van der Waals surface area contributed by atoms with Gasteiger partial charge in [-0.2, -0.15) is 0 Å². The number of hydrogen-bond donors (Lipinski definition) is 0. The summed E-state index contributed by atoms with van der Waals surface area (Å²) in [5, 5.41) is 0. The highest BCUT2D eigenvalue weighted by molar-refractivity contribution is 5.76. The second kappa shape index (κ2) is 10.6. The molecule has 0 saturated carbocycles. The Kier molecular flexibility index (Phi) is 7.88. The van der Waals surface area contributed by atoms with Gasteiger partial charge in [0.25, 0.3) is 5.92 Å². The third-order valence-corrected chi connectivity index (χ3v) is 5.39. The quantitative estimate of drug-likeness (QED) is 0.225. The Morgan fingerprint density at radius 2 is 1.65 bits per heavy atom. The molecule has 0 saturated heterocycles. The molecule has 0 bridgehead atoms. The largest absolute Gasteiger partial charge is 0.513 e. The van der Waals surface area contributed by atoms with E-state index in [1.165, 1.54) is 37.8 Å². The zero-order valence-corrected chi connectivity index (χ0v) is 18.2. The summed E-state index contributed by atoms with van der Waals surface area (Å²) in [5.74, 6) is -2.38.